The molecular formula is C75H128O6. The van der Waals surface area contributed by atoms with Crippen molar-refractivity contribution in [2.75, 3.05) is 13.2 Å². The van der Waals surface area contributed by atoms with Crippen LogP contribution in [0.25, 0.3) is 0 Å². The third-order valence-corrected chi connectivity index (χ3v) is 14.8. The van der Waals surface area contributed by atoms with Crippen LogP contribution in [-0.4, -0.2) is 37.2 Å². The SMILES string of the molecule is CC/C=C\C/C=C\C/C=C\C/C=C\C/C=C\C/C=C\CCCCCCC(=O)OC(COC(=O)CCCCC/C=C\C/C=C\C/C=C\CC)COC(=O)CCCCCCCCCCCCCCCCCCCCCCCCCCCCC. The summed E-state index contributed by atoms with van der Waals surface area (Å²) in [6.07, 6.45) is 94.1. The van der Waals surface area contributed by atoms with Crippen LogP contribution in [0.1, 0.15) is 329 Å². The van der Waals surface area contributed by atoms with Gasteiger partial charge in [-0.05, 0) is 103 Å². The van der Waals surface area contributed by atoms with Gasteiger partial charge >= 0.3 is 17.9 Å². The van der Waals surface area contributed by atoms with Crippen LogP contribution in [0.3, 0.4) is 0 Å². The summed E-state index contributed by atoms with van der Waals surface area (Å²) in [5, 5.41) is 0. The Bertz CT molecular complexity index is 1620. The Kier molecular flexibility index (Phi) is 65.2. The van der Waals surface area contributed by atoms with Gasteiger partial charge in [0.15, 0.2) is 6.10 Å². The van der Waals surface area contributed by atoms with Gasteiger partial charge in [-0.15, -0.1) is 0 Å². The molecule has 0 aliphatic carbocycles. The Balaban J connectivity index is 4.32. The summed E-state index contributed by atoms with van der Waals surface area (Å²) in [5.74, 6) is -0.942. The summed E-state index contributed by atoms with van der Waals surface area (Å²) in [6.45, 7) is 6.40. The van der Waals surface area contributed by atoms with E-state index >= 15 is 0 Å². The van der Waals surface area contributed by atoms with E-state index < -0.39 is 6.10 Å². The predicted octanol–water partition coefficient (Wildman–Crippen LogP) is 23.8. The molecule has 0 aliphatic heterocycles. The van der Waals surface area contributed by atoms with Crippen molar-refractivity contribution in [2.45, 2.75) is 335 Å². The molecule has 1 atom stereocenters. The predicted molar refractivity (Wildman–Crippen MR) is 353 cm³/mol. The number of hydrogen-bond acceptors (Lipinski definition) is 6. The van der Waals surface area contributed by atoms with Gasteiger partial charge < -0.3 is 14.2 Å². The van der Waals surface area contributed by atoms with Crippen molar-refractivity contribution >= 4 is 17.9 Å². The second-order valence-electron chi connectivity index (χ2n) is 22.7. The Morgan fingerprint density at radius 2 is 0.481 bits per heavy atom. The van der Waals surface area contributed by atoms with E-state index in [9.17, 15) is 14.4 Å². The molecule has 464 valence electrons. The van der Waals surface area contributed by atoms with Crippen molar-refractivity contribution in [3.05, 3.63) is 109 Å². The van der Waals surface area contributed by atoms with E-state index in [0.29, 0.717) is 19.3 Å². The second kappa shape index (κ2) is 68.6. The molecule has 0 saturated carbocycles. The molecule has 0 saturated heterocycles. The Labute approximate surface area is 501 Å². The summed E-state index contributed by atoms with van der Waals surface area (Å²) < 4.78 is 16.9. The van der Waals surface area contributed by atoms with Crippen molar-refractivity contribution < 1.29 is 28.6 Å². The normalized spacial score (nSPS) is 12.8. The number of ether oxygens (including phenoxy) is 3. The maximum absolute atomic E-state index is 12.9. The third-order valence-electron chi connectivity index (χ3n) is 14.8. The largest absolute Gasteiger partial charge is 0.462 e. The van der Waals surface area contributed by atoms with Gasteiger partial charge in [0.05, 0.1) is 0 Å². The lowest BCUT2D eigenvalue weighted by Crippen LogP contribution is -2.30. The van der Waals surface area contributed by atoms with Gasteiger partial charge in [0.2, 0.25) is 0 Å². The van der Waals surface area contributed by atoms with Crippen LogP contribution < -0.4 is 0 Å². The van der Waals surface area contributed by atoms with Crippen LogP contribution in [0.4, 0.5) is 0 Å². The molecule has 0 N–H and O–H groups in total. The van der Waals surface area contributed by atoms with Crippen molar-refractivity contribution in [3.8, 4) is 0 Å². The maximum Gasteiger partial charge on any atom is 0.306 e. The minimum atomic E-state index is -0.806. The molecule has 6 nitrogen and oxygen atoms in total. The maximum atomic E-state index is 12.9. The Morgan fingerprint density at radius 3 is 0.765 bits per heavy atom. The van der Waals surface area contributed by atoms with Crippen molar-refractivity contribution in [2.24, 2.45) is 0 Å². The Morgan fingerprint density at radius 1 is 0.259 bits per heavy atom. The van der Waals surface area contributed by atoms with E-state index in [1.54, 1.807) is 0 Å². The van der Waals surface area contributed by atoms with Gasteiger partial charge in [-0.2, -0.15) is 0 Å². The number of carbonyl (C=O) groups is 3. The van der Waals surface area contributed by atoms with E-state index in [-0.39, 0.29) is 31.1 Å². The summed E-state index contributed by atoms with van der Waals surface area (Å²) in [7, 11) is 0. The Hall–Kier alpha value is -3.93. The van der Waals surface area contributed by atoms with E-state index in [4.69, 9.17) is 14.2 Å². The molecular weight excluding hydrogens is 997 g/mol. The zero-order valence-electron chi connectivity index (χ0n) is 53.3. The molecule has 0 bridgehead atoms. The molecule has 0 aromatic heterocycles. The monoisotopic (exact) mass is 1120 g/mol. The molecule has 0 fully saturated rings. The van der Waals surface area contributed by atoms with Gasteiger partial charge in [0.25, 0.3) is 0 Å². The summed E-state index contributed by atoms with van der Waals surface area (Å²) in [5.41, 5.74) is 0. The van der Waals surface area contributed by atoms with Crippen molar-refractivity contribution in [1.82, 2.24) is 0 Å². The second-order valence-corrected chi connectivity index (χ2v) is 22.7. The molecule has 0 radical (unpaired) electrons. The highest BCUT2D eigenvalue weighted by molar-refractivity contribution is 5.71. The summed E-state index contributed by atoms with van der Waals surface area (Å²) in [4.78, 5) is 38.4. The first-order valence-electron chi connectivity index (χ1n) is 34.4. The van der Waals surface area contributed by atoms with Crippen LogP contribution in [-0.2, 0) is 28.6 Å². The first-order chi connectivity index (χ1) is 40.0. The molecule has 0 heterocycles. The number of unbranched alkanes of at least 4 members (excludes halogenated alkanes) is 33. The molecule has 1 unspecified atom stereocenters. The zero-order chi connectivity index (χ0) is 58.5. The lowest BCUT2D eigenvalue weighted by molar-refractivity contribution is -0.167. The van der Waals surface area contributed by atoms with Crippen molar-refractivity contribution in [3.63, 3.8) is 0 Å². The minimum absolute atomic E-state index is 0.0969. The van der Waals surface area contributed by atoms with Gasteiger partial charge in [-0.25, -0.2) is 0 Å². The molecule has 0 rings (SSSR count). The van der Waals surface area contributed by atoms with Gasteiger partial charge in [-0.3, -0.25) is 14.4 Å². The standard InChI is InChI=1S/C75H128O6/c1-4-7-10-13-16-19-22-25-27-29-31-33-35-36-37-38-40-41-43-45-47-50-53-56-59-62-65-68-74(77)80-71-72(70-79-73(76)67-64-61-58-55-52-49-24-21-18-15-12-9-6-3)81-75(78)69-66-63-60-57-54-51-48-46-44-42-39-34-32-30-28-26-23-20-17-14-11-8-5-2/h8-9,11-12,17-18,20-21,26,28,32,34,42,44,48-49,51-52,72H,4-7,10,13-16,19,22-25,27,29-31,33,35-41,43,45-47,50,53-71H2,1-3H3/b11-8-,12-9-,20-17-,21-18-,28-26-,34-32-,44-42-,51-48-,52-49-. The highest BCUT2D eigenvalue weighted by Crippen LogP contribution is 2.17. The highest BCUT2D eigenvalue weighted by Gasteiger charge is 2.19. The first kappa shape index (κ1) is 77.1. The third kappa shape index (κ3) is 66.8. The van der Waals surface area contributed by atoms with Crippen LogP contribution in [0.15, 0.2) is 109 Å². The lowest BCUT2D eigenvalue weighted by Gasteiger charge is -2.18. The highest BCUT2D eigenvalue weighted by atomic mass is 16.6. The minimum Gasteiger partial charge on any atom is -0.462 e. The lowest BCUT2D eigenvalue weighted by atomic mass is 10.0. The topological polar surface area (TPSA) is 78.9 Å². The van der Waals surface area contributed by atoms with E-state index in [0.717, 1.165) is 135 Å². The zero-order valence-corrected chi connectivity index (χ0v) is 53.3. The summed E-state index contributed by atoms with van der Waals surface area (Å²) >= 11 is 0. The molecule has 6 heteroatoms. The molecule has 0 spiro atoms. The molecule has 0 amide bonds. The molecule has 0 aliphatic rings. The average molecular weight is 1130 g/mol. The quantitative estimate of drug-likeness (QED) is 0.0261. The fourth-order valence-electron chi connectivity index (χ4n) is 9.70. The van der Waals surface area contributed by atoms with E-state index in [1.165, 1.54) is 154 Å². The number of esters is 3. The van der Waals surface area contributed by atoms with Crippen LogP contribution in [0, 0.1) is 0 Å². The molecule has 0 aromatic rings. The first-order valence-corrected chi connectivity index (χ1v) is 34.4. The van der Waals surface area contributed by atoms with Crippen LogP contribution in [0.5, 0.6) is 0 Å². The number of carbonyl (C=O) groups excluding carboxylic acids is 3. The van der Waals surface area contributed by atoms with Crippen LogP contribution in [0.2, 0.25) is 0 Å². The fourth-order valence-corrected chi connectivity index (χ4v) is 9.70. The average Bonchev–Trinajstić information content (AvgIpc) is 3.46. The van der Waals surface area contributed by atoms with E-state index in [2.05, 4.69) is 130 Å². The number of allylic oxidation sites excluding steroid dienone is 18. The number of hydrogen-bond donors (Lipinski definition) is 0. The smallest absolute Gasteiger partial charge is 0.306 e. The van der Waals surface area contributed by atoms with Crippen molar-refractivity contribution in [1.29, 1.82) is 0 Å². The molecule has 0 aromatic carbocycles. The van der Waals surface area contributed by atoms with Gasteiger partial charge in [0, 0.05) is 19.3 Å². The van der Waals surface area contributed by atoms with E-state index in [1.807, 2.05) is 0 Å². The fraction of sp³-hybridized carbons (Fsp3) is 0.720. The van der Waals surface area contributed by atoms with Crippen LogP contribution >= 0.6 is 0 Å². The number of rotatable bonds is 62. The van der Waals surface area contributed by atoms with Gasteiger partial charge in [0.1, 0.15) is 13.2 Å². The summed E-state index contributed by atoms with van der Waals surface area (Å²) in [6, 6.07) is 0. The van der Waals surface area contributed by atoms with Gasteiger partial charge in [-0.1, -0.05) is 316 Å². The molecule has 81 heavy (non-hydrogen) atoms.